The number of hydrogen-bond acceptors (Lipinski definition) is 2. The van der Waals surface area contributed by atoms with Gasteiger partial charge in [0.25, 0.3) is 0 Å². The molecule has 1 aromatic carbocycles. The summed E-state index contributed by atoms with van der Waals surface area (Å²) in [5.41, 5.74) is 0.513. The molecule has 1 atom stereocenters. The highest BCUT2D eigenvalue weighted by Crippen LogP contribution is 2.32. The van der Waals surface area contributed by atoms with Gasteiger partial charge < -0.3 is 4.74 Å². The quantitative estimate of drug-likeness (QED) is 0.548. The SMILES string of the molecule is CCCCCCCCOc1ccc(C2(C#N)C=CC=CC2)cc1. The molecule has 1 aliphatic rings. The second-order valence-corrected chi connectivity index (χ2v) is 6.22. The van der Waals surface area contributed by atoms with E-state index >= 15 is 0 Å². The molecule has 0 radical (unpaired) electrons. The minimum Gasteiger partial charge on any atom is -0.494 e. The van der Waals surface area contributed by atoms with E-state index in [1.807, 2.05) is 48.6 Å². The summed E-state index contributed by atoms with van der Waals surface area (Å²) in [6, 6.07) is 10.5. The maximum atomic E-state index is 9.56. The smallest absolute Gasteiger partial charge is 0.119 e. The predicted molar refractivity (Wildman–Crippen MR) is 95.5 cm³/mol. The summed E-state index contributed by atoms with van der Waals surface area (Å²) in [6.45, 7) is 3.01. The van der Waals surface area contributed by atoms with Crippen LogP contribution in [-0.2, 0) is 5.41 Å². The van der Waals surface area contributed by atoms with Crippen molar-refractivity contribution < 1.29 is 4.74 Å². The van der Waals surface area contributed by atoms with Crippen molar-refractivity contribution in [1.29, 1.82) is 5.26 Å². The minimum absolute atomic E-state index is 0.521. The zero-order valence-corrected chi connectivity index (χ0v) is 14.1. The zero-order chi connectivity index (χ0) is 16.4. The molecule has 0 saturated heterocycles. The van der Waals surface area contributed by atoms with Crippen LogP contribution in [0.15, 0.2) is 48.6 Å². The van der Waals surface area contributed by atoms with Gasteiger partial charge in [-0.1, -0.05) is 75.5 Å². The van der Waals surface area contributed by atoms with E-state index in [0.717, 1.165) is 30.8 Å². The molecule has 0 fully saturated rings. The van der Waals surface area contributed by atoms with Crippen molar-refractivity contribution in [2.24, 2.45) is 0 Å². The predicted octanol–water partition coefficient (Wildman–Crippen LogP) is 5.70. The van der Waals surface area contributed by atoms with Crippen LogP contribution in [0.1, 0.15) is 57.4 Å². The van der Waals surface area contributed by atoms with E-state index < -0.39 is 5.41 Å². The highest BCUT2D eigenvalue weighted by Gasteiger charge is 2.29. The molecule has 1 aromatic rings. The van der Waals surface area contributed by atoms with Crippen molar-refractivity contribution in [3.05, 3.63) is 54.1 Å². The molecule has 0 N–H and O–H groups in total. The maximum absolute atomic E-state index is 9.56. The summed E-state index contributed by atoms with van der Waals surface area (Å²) in [5, 5.41) is 9.56. The molecule has 0 amide bonds. The van der Waals surface area contributed by atoms with Crippen molar-refractivity contribution >= 4 is 0 Å². The van der Waals surface area contributed by atoms with Crippen LogP contribution < -0.4 is 4.74 Å². The molecule has 122 valence electrons. The largest absolute Gasteiger partial charge is 0.494 e. The third-order valence-corrected chi connectivity index (χ3v) is 4.40. The minimum atomic E-state index is -0.521. The molecule has 2 heteroatoms. The second kappa shape index (κ2) is 9.20. The van der Waals surface area contributed by atoms with Crippen molar-refractivity contribution in [1.82, 2.24) is 0 Å². The van der Waals surface area contributed by atoms with Crippen LogP contribution in [0.4, 0.5) is 0 Å². The lowest BCUT2D eigenvalue weighted by atomic mass is 9.77. The summed E-state index contributed by atoms with van der Waals surface area (Å²) in [4.78, 5) is 0. The Bertz CT molecular complexity index is 564. The molecule has 0 aromatic heterocycles. The van der Waals surface area contributed by atoms with E-state index in [-0.39, 0.29) is 0 Å². The molecular formula is C21H27NO. The molecule has 1 unspecified atom stereocenters. The molecule has 0 bridgehead atoms. The lowest BCUT2D eigenvalue weighted by Gasteiger charge is -2.24. The molecule has 0 saturated carbocycles. The highest BCUT2D eigenvalue weighted by molar-refractivity contribution is 5.44. The van der Waals surface area contributed by atoms with Crippen LogP contribution in [0.3, 0.4) is 0 Å². The number of rotatable bonds is 9. The van der Waals surface area contributed by atoms with Gasteiger partial charge in [-0.15, -0.1) is 0 Å². The number of allylic oxidation sites excluding steroid dienone is 4. The van der Waals surface area contributed by atoms with Gasteiger partial charge in [-0.3, -0.25) is 0 Å². The fourth-order valence-corrected chi connectivity index (χ4v) is 2.90. The molecule has 23 heavy (non-hydrogen) atoms. The van der Waals surface area contributed by atoms with Gasteiger partial charge in [-0.25, -0.2) is 0 Å². The normalized spacial score (nSPS) is 19.5. The van der Waals surface area contributed by atoms with Gasteiger partial charge in [-0.2, -0.15) is 5.26 Å². The first-order valence-corrected chi connectivity index (χ1v) is 8.80. The van der Waals surface area contributed by atoms with Crippen LogP contribution in [-0.4, -0.2) is 6.61 Å². The van der Waals surface area contributed by atoms with E-state index in [1.165, 1.54) is 32.1 Å². The Hall–Kier alpha value is -2.01. The van der Waals surface area contributed by atoms with Gasteiger partial charge in [-0.05, 0) is 30.5 Å². The number of benzene rings is 1. The Balaban J connectivity index is 1.80. The highest BCUT2D eigenvalue weighted by atomic mass is 16.5. The summed E-state index contributed by atoms with van der Waals surface area (Å²) in [6.07, 6.45) is 16.3. The van der Waals surface area contributed by atoms with E-state index in [9.17, 15) is 5.26 Å². The average molecular weight is 309 g/mol. The van der Waals surface area contributed by atoms with Gasteiger partial charge in [0.1, 0.15) is 11.2 Å². The van der Waals surface area contributed by atoms with Gasteiger partial charge >= 0.3 is 0 Å². The van der Waals surface area contributed by atoms with Crippen LogP contribution >= 0.6 is 0 Å². The van der Waals surface area contributed by atoms with Crippen LogP contribution in [0, 0.1) is 11.3 Å². The lowest BCUT2D eigenvalue weighted by molar-refractivity contribution is 0.304. The second-order valence-electron chi connectivity index (χ2n) is 6.22. The fourth-order valence-electron chi connectivity index (χ4n) is 2.90. The Kier molecular flexibility index (Phi) is 6.94. The molecule has 2 rings (SSSR count). The molecule has 0 aliphatic heterocycles. The van der Waals surface area contributed by atoms with Crippen molar-refractivity contribution in [2.45, 2.75) is 57.3 Å². The molecule has 2 nitrogen and oxygen atoms in total. The Morgan fingerprint density at radius 2 is 1.78 bits per heavy atom. The topological polar surface area (TPSA) is 33.0 Å². The third-order valence-electron chi connectivity index (χ3n) is 4.40. The Morgan fingerprint density at radius 1 is 1.04 bits per heavy atom. The third kappa shape index (κ3) is 4.99. The van der Waals surface area contributed by atoms with E-state index in [1.54, 1.807) is 0 Å². The first-order chi connectivity index (χ1) is 11.3. The van der Waals surface area contributed by atoms with E-state index in [4.69, 9.17) is 4.74 Å². The number of ether oxygens (including phenoxy) is 1. The Labute approximate surface area is 140 Å². The van der Waals surface area contributed by atoms with Gasteiger partial charge in [0.15, 0.2) is 0 Å². The van der Waals surface area contributed by atoms with Crippen molar-refractivity contribution in [3.8, 4) is 11.8 Å². The number of nitriles is 1. The van der Waals surface area contributed by atoms with Crippen LogP contribution in [0.25, 0.3) is 0 Å². The standard InChI is InChI=1S/C21H27NO/c1-2-3-4-5-6-10-17-23-20-13-11-19(12-14-20)21(18-22)15-8-7-9-16-21/h7-9,11-15H,2-6,10,16-17H2,1H3. The molecule has 0 heterocycles. The van der Waals surface area contributed by atoms with Crippen molar-refractivity contribution in [3.63, 3.8) is 0 Å². The van der Waals surface area contributed by atoms with Crippen molar-refractivity contribution in [2.75, 3.05) is 6.61 Å². The summed E-state index contributed by atoms with van der Waals surface area (Å²) < 4.78 is 5.81. The summed E-state index contributed by atoms with van der Waals surface area (Å²) in [7, 11) is 0. The number of nitrogens with zero attached hydrogens (tertiary/aromatic N) is 1. The fraction of sp³-hybridized carbons (Fsp3) is 0.476. The summed E-state index contributed by atoms with van der Waals surface area (Å²) >= 11 is 0. The average Bonchev–Trinajstić information content (AvgIpc) is 2.62. The van der Waals surface area contributed by atoms with Gasteiger partial charge in [0.2, 0.25) is 0 Å². The van der Waals surface area contributed by atoms with Gasteiger partial charge in [0.05, 0.1) is 12.7 Å². The van der Waals surface area contributed by atoms with Gasteiger partial charge in [0, 0.05) is 0 Å². The maximum Gasteiger partial charge on any atom is 0.119 e. The molecular weight excluding hydrogens is 282 g/mol. The number of hydrogen-bond donors (Lipinski definition) is 0. The summed E-state index contributed by atoms with van der Waals surface area (Å²) in [5.74, 6) is 0.894. The lowest BCUT2D eigenvalue weighted by Crippen LogP contribution is -2.21. The van der Waals surface area contributed by atoms with E-state index in [2.05, 4.69) is 13.0 Å². The first kappa shape index (κ1) is 17.3. The first-order valence-electron chi connectivity index (χ1n) is 8.80. The van der Waals surface area contributed by atoms with Crippen LogP contribution in [0.5, 0.6) is 5.75 Å². The zero-order valence-electron chi connectivity index (χ0n) is 14.1. The van der Waals surface area contributed by atoms with E-state index in [0.29, 0.717) is 0 Å². The molecule has 1 aliphatic carbocycles. The Morgan fingerprint density at radius 3 is 2.43 bits per heavy atom. The number of unbranched alkanes of at least 4 members (excludes halogenated alkanes) is 5. The monoisotopic (exact) mass is 309 g/mol. The van der Waals surface area contributed by atoms with Crippen LogP contribution in [0.2, 0.25) is 0 Å². The molecule has 0 spiro atoms.